The molecule has 0 radical (unpaired) electrons. The maximum Gasteiger partial charge on any atom is 0.259 e. The van der Waals surface area contributed by atoms with Gasteiger partial charge >= 0.3 is 0 Å². The van der Waals surface area contributed by atoms with Crippen LogP contribution in [0.5, 0.6) is 0 Å². The average Bonchev–Trinajstić information content (AvgIpc) is 3.56. The number of fused-ring (bicyclic) bond motifs is 1. The molecular formula is C23H24FN9O2. The molecule has 1 aliphatic heterocycles. The van der Waals surface area contributed by atoms with Crippen molar-refractivity contribution in [3.63, 3.8) is 0 Å². The highest BCUT2D eigenvalue weighted by Gasteiger charge is 2.24. The van der Waals surface area contributed by atoms with Gasteiger partial charge in [-0.15, -0.1) is 0 Å². The number of nitrogens with zero attached hydrogens (tertiary/aromatic N) is 7. The van der Waals surface area contributed by atoms with Crippen molar-refractivity contribution in [3.8, 4) is 11.3 Å². The number of amides is 2. The largest absolute Gasteiger partial charge is 0.325 e. The molecule has 35 heavy (non-hydrogen) atoms. The van der Waals surface area contributed by atoms with Gasteiger partial charge in [-0.05, 0) is 32.5 Å². The van der Waals surface area contributed by atoms with Gasteiger partial charge in [0.15, 0.2) is 0 Å². The van der Waals surface area contributed by atoms with Crippen molar-refractivity contribution in [2.75, 3.05) is 24.2 Å². The molecule has 1 saturated heterocycles. The molecule has 5 heterocycles. The van der Waals surface area contributed by atoms with Crippen LogP contribution in [0.1, 0.15) is 29.6 Å². The van der Waals surface area contributed by atoms with E-state index in [1.807, 2.05) is 13.2 Å². The Hall–Kier alpha value is -4.19. The monoisotopic (exact) mass is 477 g/mol. The summed E-state index contributed by atoms with van der Waals surface area (Å²) in [6.45, 7) is 0.968. The summed E-state index contributed by atoms with van der Waals surface area (Å²) in [6.07, 6.45) is 11.7. The first-order valence-electron chi connectivity index (χ1n) is 11.2. The molecule has 2 amide bonds. The first-order valence-corrected chi connectivity index (χ1v) is 11.2. The first kappa shape index (κ1) is 22.6. The number of halogens is 1. The Morgan fingerprint density at radius 1 is 1.09 bits per heavy atom. The van der Waals surface area contributed by atoms with Crippen LogP contribution in [0, 0.1) is 5.95 Å². The molecule has 0 bridgehead atoms. The number of aromatic nitrogens is 6. The molecule has 11 nitrogen and oxygen atoms in total. The maximum atomic E-state index is 14.4. The number of anilines is 2. The molecule has 12 heteroatoms. The molecule has 0 unspecified atom stereocenters. The van der Waals surface area contributed by atoms with Gasteiger partial charge in [-0.1, -0.05) is 0 Å². The van der Waals surface area contributed by atoms with Crippen LogP contribution in [0.4, 0.5) is 15.8 Å². The molecule has 4 aromatic heterocycles. The van der Waals surface area contributed by atoms with Crippen LogP contribution in [0.3, 0.4) is 0 Å². The number of carbonyl (C=O) groups is 2. The fourth-order valence-electron chi connectivity index (χ4n) is 4.22. The lowest BCUT2D eigenvalue weighted by molar-refractivity contribution is -0.117. The molecule has 1 atom stereocenters. The lowest BCUT2D eigenvalue weighted by Gasteiger charge is -2.18. The van der Waals surface area contributed by atoms with E-state index in [0.717, 1.165) is 24.9 Å². The summed E-state index contributed by atoms with van der Waals surface area (Å²) >= 11 is 0. The minimum absolute atomic E-state index is 0.148. The number of carbonyl (C=O) groups excluding carboxylic acids is 2. The second-order valence-corrected chi connectivity index (χ2v) is 8.61. The van der Waals surface area contributed by atoms with Gasteiger partial charge in [-0.2, -0.15) is 14.6 Å². The fourth-order valence-corrected chi connectivity index (χ4v) is 4.22. The van der Waals surface area contributed by atoms with Gasteiger partial charge in [0.2, 0.25) is 11.9 Å². The topological polar surface area (TPSA) is 122 Å². The summed E-state index contributed by atoms with van der Waals surface area (Å²) in [5, 5.41) is 13.6. The highest BCUT2D eigenvalue weighted by molar-refractivity contribution is 6.09. The van der Waals surface area contributed by atoms with Crippen LogP contribution in [0.2, 0.25) is 0 Å². The zero-order chi connectivity index (χ0) is 24.5. The molecule has 0 aromatic carbocycles. The molecule has 5 rings (SSSR count). The van der Waals surface area contributed by atoms with Crippen molar-refractivity contribution in [1.29, 1.82) is 0 Å². The maximum absolute atomic E-state index is 14.4. The number of aryl methyl sites for hydroxylation is 1. The number of hydrogen-bond acceptors (Lipinski definition) is 7. The Kier molecular flexibility index (Phi) is 5.95. The van der Waals surface area contributed by atoms with Crippen LogP contribution in [-0.2, 0) is 11.8 Å². The molecule has 0 spiro atoms. The van der Waals surface area contributed by atoms with Crippen LogP contribution in [0.15, 0.2) is 43.2 Å². The van der Waals surface area contributed by atoms with Crippen molar-refractivity contribution in [1.82, 2.24) is 34.3 Å². The van der Waals surface area contributed by atoms with E-state index in [9.17, 15) is 14.0 Å². The van der Waals surface area contributed by atoms with Gasteiger partial charge in [0.05, 0.1) is 59.1 Å². The Labute approximate surface area is 200 Å². The molecule has 1 aliphatic rings. The molecule has 4 aromatic rings. The summed E-state index contributed by atoms with van der Waals surface area (Å²) in [5.74, 6) is -1.62. The second-order valence-electron chi connectivity index (χ2n) is 8.61. The lowest BCUT2D eigenvalue weighted by atomic mass is 10.1. The van der Waals surface area contributed by atoms with Crippen molar-refractivity contribution in [2.45, 2.75) is 25.3 Å². The quantitative estimate of drug-likeness (QED) is 0.409. The normalized spacial score (nSPS) is 16.0. The Morgan fingerprint density at radius 2 is 1.94 bits per heavy atom. The smallest absolute Gasteiger partial charge is 0.259 e. The summed E-state index contributed by atoms with van der Waals surface area (Å²) in [4.78, 5) is 35.6. The minimum Gasteiger partial charge on any atom is -0.325 e. The third-order valence-corrected chi connectivity index (χ3v) is 6.11. The Bertz CT molecular complexity index is 1410. The molecule has 180 valence electrons. The average molecular weight is 478 g/mol. The van der Waals surface area contributed by atoms with E-state index in [2.05, 4.69) is 35.7 Å². The van der Waals surface area contributed by atoms with Crippen molar-refractivity contribution < 1.29 is 14.0 Å². The van der Waals surface area contributed by atoms with Crippen LogP contribution < -0.4 is 10.6 Å². The summed E-state index contributed by atoms with van der Waals surface area (Å²) in [6, 6.07) is 1.53. The van der Waals surface area contributed by atoms with Gasteiger partial charge in [0.1, 0.15) is 0 Å². The number of rotatable bonds is 6. The van der Waals surface area contributed by atoms with E-state index < -0.39 is 11.9 Å². The molecule has 0 aliphatic carbocycles. The zero-order valence-electron chi connectivity index (χ0n) is 19.3. The second kappa shape index (κ2) is 9.22. The number of likely N-dealkylation sites (tertiary alicyclic amines) is 1. The van der Waals surface area contributed by atoms with Crippen molar-refractivity contribution in [2.24, 2.45) is 7.05 Å². The standard InChI is InChI=1S/C23H24FN9O2/c1-31-5-3-4-16(31)7-21(34)29-15-6-18(22(24)26-9-15)30-23(35)17-10-28-33-13-19(25-11-20(17)33)14-8-27-32(2)12-14/h6,8-13,16H,3-5,7H2,1-2H3,(H,29,34)(H,30,35)/t16-/m0/s1. The van der Waals surface area contributed by atoms with Crippen LogP contribution in [0.25, 0.3) is 16.8 Å². The summed E-state index contributed by atoms with van der Waals surface area (Å²) < 4.78 is 17.5. The Balaban J connectivity index is 1.30. The number of hydrogen-bond donors (Lipinski definition) is 2. The van der Waals surface area contributed by atoms with Gasteiger partial charge in [0.25, 0.3) is 5.91 Å². The van der Waals surface area contributed by atoms with Gasteiger partial charge in [-0.3, -0.25) is 19.3 Å². The van der Waals surface area contributed by atoms with Gasteiger partial charge in [-0.25, -0.2) is 9.50 Å². The third kappa shape index (κ3) is 4.73. The van der Waals surface area contributed by atoms with E-state index in [1.54, 1.807) is 24.1 Å². The number of nitrogens with one attached hydrogen (secondary N) is 2. The highest BCUT2D eigenvalue weighted by Crippen LogP contribution is 2.22. The predicted molar refractivity (Wildman–Crippen MR) is 126 cm³/mol. The SMILES string of the molecule is CN1CCC[C@H]1CC(=O)Nc1cnc(F)c(NC(=O)c2cnn3cc(-c4cnn(C)c4)ncc23)c1. The van der Waals surface area contributed by atoms with E-state index in [-0.39, 0.29) is 23.2 Å². The van der Waals surface area contributed by atoms with E-state index >= 15 is 0 Å². The fraction of sp³-hybridized carbons (Fsp3) is 0.304. The minimum atomic E-state index is -0.861. The molecular weight excluding hydrogens is 453 g/mol. The van der Waals surface area contributed by atoms with Crippen molar-refractivity contribution >= 4 is 28.7 Å². The van der Waals surface area contributed by atoms with Crippen LogP contribution >= 0.6 is 0 Å². The van der Waals surface area contributed by atoms with Crippen LogP contribution in [-0.4, -0.2) is 65.7 Å². The van der Waals surface area contributed by atoms with Gasteiger partial charge < -0.3 is 15.5 Å². The highest BCUT2D eigenvalue weighted by atomic mass is 19.1. The molecule has 1 fully saturated rings. The zero-order valence-corrected chi connectivity index (χ0v) is 19.3. The summed E-state index contributed by atoms with van der Waals surface area (Å²) in [5.41, 5.74) is 2.27. The van der Waals surface area contributed by atoms with E-state index in [4.69, 9.17) is 0 Å². The molecule has 2 N–H and O–H groups in total. The molecule has 0 saturated carbocycles. The third-order valence-electron chi connectivity index (χ3n) is 6.11. The van der Waals surface area contributed by atoms with E-state index in [1.165, 1.54) is 29.2 Å². The summed E-state index contributed by atoms with van der Waals surface area (Å²) in [7, 11) is 3.80. The van der Waals surface area contributed by atoms with E-state index in [0.29, 0.717) is 23.3 Å². The Morgan fingerprint density at radius 3 is 2.69 bits per heavy atom. The predicted octanol–water partition coefficient (Wildman–Crippen LogP) is 2.34. The number of pyridine rings is 1. The van der Waals surface area contributed by atoms with Gasteiger partial charge in [0, 0.05) is 31.3 Å². The lowest BCUT2D eigenvalue weighted by Crippen LogP contribution is -2.29. The first-order chi connectivity index (χ1) is 16.9. The van der Waals surface area contributed by atoms with Crippen molar-refractivity contribution in [3.05, 3.63) is 54.8 Å².